The van der Waals surface area contributed by atoms with Gasteiger partial charge in [-0.15, -0.1) is 0 Å². The summed E-state index contributed by atoms with van der Waals surface area (Å²) >= 11 is 0. The number of nitro benzene ring substituents is 1. The fraction of sp³-hybridized carbons (Fsp3) is 0.544. The quantitative estimate of drug-likeness (QED) is 0.0574. The Labute approximate surface area is 450 Å². The molecule has 0 spiro atoms. The first-order chi connectivity index (χ1) is 37.2. The fourth-order valence-corrected chi connectivity index (χ4v) is 13.6. The summed E-state index contributed by atoms with van der Waals surface area (Å²) < 4.78 is 55.4. The predicted octanol–water partition coefficient (Wildman–Crippen LogP) is 8.17. The van der Waals surface area contributed by atoms with E-state index in [1.54, 1.807) is 12.3 Å². The molecule has 0 bridgehead atoms. The zero-order chi connectivity index (χ0) is 53.4. The highest BCUT2D eigenvalue weighted by Crippen LogP contribution is 2.46. The van der Waals surface area contributed by atoms with Crippen molar-refractivity contribution in [3.63, 3.8) is 0 Å². The Hall–Kier alpha value is -6.03. The van der Waals surface area contributed by atoms with Gasteiger partial charge in [-0.25, -0.2) is 13.1 Å². The molecule has 20 heteroatoms. The molecule has 2 aromatic heterocycles. The molecular formula is C57H73N9O10S. The molecule has 5 aliphatic heterocycles. The van der Waals surface area contributed by atoms with Crippen LogP contribution in [0.2, 0.25) is 0 Å². The minimum Gasteiger partial charge on any atom is -0.491 e. The Morgan fingerprint density at radius 3 is 2.48 bits per heavy atom. The highest BCUT2D eigenvalue weighted by molar-refractivity contribution is 7.90. The van der Waals surface area contributed by atoms with Crippen LogP contribution in [0.4, 0.5) is 28.4 Å². The van der Waals surface area contributed by atoms with Crippen LogP contribution in [0.15, 0.2) is 83.9 Å². The molecule has 3 aromatic carbocycles. The number of nitrogens with one attached hydrogen (secondary N) is 3. The summed E-state index contributed by atoms with van der Waals surface area (Å²) in [5.74, 6) is 1.05. The van der Waals surface area contributed by atoms with Crippen LogP contribution in [0.5, 0.6) is 11.6 Å². The summed E-state index contributed by atoms with van der Waals surface area (Å²) in [6, 6.07) is 22.0. The number of nitrogens with zero attached hydrogens (tertiary/aromatic N) is 6. The second-order valence-corrected chi connectivity index (χ2v) is 24.2. The molecule has 19 nitrogen and oxygen atoms in total. The number of carbonyl (C=O) groups excluding carboxylic acids is 1. The van der Waals surface area contributed by atoms with Crippen LogP contribution in [0.3, 0.4) is 0 Å². The van der Waals surface area contributed by atoms with Crippen molar-refractivity contribution in [2.45, 2.75) is 119 Å². The van der Waals surface area contributed by atoms with Crippen molar-refractivity contribution in [2.24, 2.45) is 11.8 Å². The number of sulfonamides is 1. The lowest BCUT2D eigenvalue weighted by Gasteiger charge is -2.47. The molecule has 1 saturated carbocycles. The number of piperazine rings is 1. The van der Waals surface area contributed by atoms with Gasteiger partial charge in [0, 0.05) is 101 Å². The number of aliphatic hydroxyl groups is 1. The van der Waals surface area contributed by atoms with Gasteiger partial charge in [-0.3, -0.25) is 24.7 Å². The number of fused-ring (bicyclic) bond motifs is 3. The maximum Gasteiger partial charge on any atom is 0.293 e. The molecule has 412 valence electrons. The highest BCUT2D eigenvalue weighted by atomic mass is 32.2. The zero-order valence-corrected chi connectivity index (χ0v) is 45.2. The Bertz CT molecular complexity index is 3040. The molecule has 5 aromatic rings. The number of benzene rings is 3. The number of ether oxygens (including phenoxy) is 4. The van der Waals surface area contributed by atoms with Crippen molar-refractivity contribution in [1.82, 2.24) is 24.5 Å². The van der Waals surface area contributed by atoms with Crippen LogP contribution < -0.4 is 29.3 Å². The van der Waals surface area contributed by atoms with Gasteiger partial charge >= 0.3 is 0 Å². The molecule has 5 fully saturated rings. The van der Waals surface area contributed by atoms with Crippen molar-refractivity contribution in [2.75, 3.05) is 87.4 Å². The number of hydrogen-bond acceptors (Lipinski definition) is 16. The number of rotatable bonds is 15. The van der Waals surface area contributed by atoms with E-state index in [2.05, 4.69) is 72.7 Å². The van der Waals surface area contributed by atoms with Gasteiger partial charge in [0.1, 0.15) is 28.9 Å². The number of nitro groups is 1. The number of aromatic nitrogens is 2. The van der Waals surface area contributed by atoms with Gasteiger partial charge in [-0.2, -0.15) is 4.98 Å². The van der Waals surface area contributed by atoms with E-state index in [0.29, 0.717) is 73.9 Å². The molecule has 7 heterocycles. The van der Waals surface area contributed by atoms with Crippen LogP contribution in [-0.4, -0.2) is 146 Å². The molecule has 77 heavy (non-hydrogen) atoms. The molecule has 4 N–H and O–H groups in total. The summed E-state index contributed by atoms with van der Waals surface area (Å²) in [5.41, 5.74) is 3.02. The maximum atomic E-state index is 14.8. The number of hydrogen-bond donors (Lipinski definition) is 4. The highest BCUT2D eigenvalue weighted by Gasteiger charge is 2.43. The normalized spacial score (nSPS) is 25.0. The van der Waals surface area contributed by atoms with E-state index in [4.69, 9.17) is 23.9 Å². The molecule has 6 aliphatic rings. The van der Waals surface area contributed by atoms with Gasteiger partial charge in [0.25, 0.3) is 21.6 Å². The molecule has 11 rings (SSSR count). The minimum absolute atomic E-state index is 0.0554. The van der Waals surface area contributed by atoms with E-state index < -0.39 is 43.1 Å². The lowest BCUT2D eigenvalue weighted by molar-refractivity contribution is -0.384. The topological polar surface area (TPSA) is 217 Å². The van der Waals surface area contributed by atoms with E-state index >= 15 is 0 Å². The Morgan fingerprint density at radius 2 is 1.70 bits per heavy atom. The van der Waals surface area contributed by atoms with Crippen LogP contribution in [0.25, 0.3) is 11.0 Å². The summed E-state index contributed by atoms with van der Waals surface area (Å²) in [6.07, 6.45) is 8.77. The maximum absolute atomic E-state index is 14.8. The second-order valence-electron chi connectivity index (χ2n) is 22.6. The number of carbonyl (C=O) groups is 1. The summed E-state index contributed by atoms with van der Waals surface area (Å²) in [7, 11) is -4.64. The molecule has 1 amide bonds. The van der Waals surface area contributed by atoms with Crippen molar-refractivity contribution in [3.8, 4) is 11.6 Å². The Kier molecular flexibility index (Phi) is 15.4. The Balaban J connectivity index is 0.862. The second kappa shape index (κ2) is 22.4. The zero-order valence-electron chi connectivity index (χ0n) is 44.4. The van der Waals surface area contributed by atoms with Crippen LogP contribution in [-0.2, 0) is 19.5 Å². The first-order valence-corrected chi connectivity index (χ1v) is 29.2. The number of aromatic amines is 1. The number of piperidine rings is 1. The van der Waals surface area contributed by atoms with Crippen LogP contribution >= 0.6 is 0 Å². The largest absolute Gasteiger partial charge is 0.491 e. The van der Waals surface area contributed by atoms with Gasteiger partial charge in [0.05, 0.1) is 51.5 Å². The van der Waals surface area contributed by atoms with E-state index in [1.165, 1.54) is 17.7 Å². The van der Waals surface area contributed by atoms with Gasteiger partial charge in [0.2, 0.25) is 5.88 Å². The first kappa shape index (κ1) is 53.0. The minimum atomic E-state index is -4.64. The van der Waals surface area contributed by atoms with Crippen molar-refractivity contribution < 1.29 is 42.2 Å². The lowest BCUT2D eigenvalue weighted by atomic mass is 9.80. The van der Waals surface area contributed by atoms with Crippen molar-refractivity contribution in [1.29, 1.82) is 0 Å². The van der Waals surface area contributed by atoms with Crippen LogP contribution in [0, 0.1) is 22.0 Å². The number of amides is 1. The molecule has 0 unspecified atom stereocenters. The van der Waals surface area contributed by atoms with E-state index in [1.807, 2.05) is 31.2 Å². The molecule has 4 saturated heterocycles. The summed E-state index contributed by atoms with van der Waals surface area (Å²) in [5, 5.41) is 26.8. The SMILES string of the molecule is CC(C)Oc1ccccc1[C@@H]1CN(C2CCOCC2)CCN1CC1CCN(c2ccc(C(=O)NS(=O)(=O)c3ccc(NCC4CCC(C)(O)CC4)c([N+](=O)[O-])c3)c(N3c4cc5cc[nH]c5nc4O[C@H]4COCC[C@@H]43)c2)CC1. The van der Waals surface area contributed by atoms with Crippen molar-refractivity contribution in [3.05, 3.63) is 100 Å². The summed E-state index contributed by atoms with van der Waals surface area (Å²) in [6.45, 7) is 14.2. The molecule has 1 aliphatic carbocycles. The number of pyridine rings is 1. The van der Waals surface area contributed by atoms with Gasteiger partial charge in [-0.1, -0.05) is 18.2 Å². The monoisotopic (exact) mass is 1080 g/mol. The first-order valence-electron chi connectivity index (χ1n) is 27.7. The van der Waals surface area contributed by atoms with E-state index in [0.717, 1.165) is 114 Å². The summed E-state index contributed by atoms with van der Waals surface area (Å²) in [4.78, 5) is 44.0. The third-order valence-electron chi connectivity index (χ3n) is 16.9. The smallest absolute Gasteiger partial charge is 0.293 e. The standard InChI is InChI=1S/C57H73N9O10S/c1-37(2)75-52-7-5-4-6-44(52)51-35-63(41-17-27-73-28-18-41)25-26-64(51)34-39-15-23-62(24-16-39)42-8-10-45(48(31-42)65-47-19-29-74-36-53(47)76-56-50(65)30-40-14-22-58-54(40)60-56)55(67)61-77(71,72)43-9-11-46(49(32-43)66(69)70)59-33-38-12-20-57(3,68)21-13-38/h4-11,14,22,30-32,37-39,41,47,51,53,59,68H,12-13,15-21,23-29,33-36H2,1-3H3,(H,58,60)(H,61,67)/t38?,47-,51-,53-,57?/m0/s1. The van der Waals surface area contributed by atoms with Gasteiger partial charge in [-0.05, 0) is 139 Å². The average Bonchev–Trinajstić information content (AvgIpc) is 3.92. The van der Waals surface area contributed by atoms with Crippen molar-refractivity contribution >= 4 is 55.4 Å². The van der Waals surface area contributed by atoms with E-state index in [-0.39, 0.29) is 35.4 Å². The fourth-order valence-electron chi connectivity index (χ4n) is 12.6. The Morgan fingerprint density at radius 1 is 0.922 bits per heavy atom. The third kappa shape index (κ3) is 11.6. The molecular weight excluding hydrogens is 1000 g/mol. The number of H-pyrrole nitrogens is 1. The van der Waals surface area contributed by atoms with Crippen LogP contribution in [0.1, 0.15) is 101 Å². The van der Waals surface area contributed by atoms with Gasteiger partial charge < -0.3 is 44.2 Å². The lowest BCUT2D eigenvalue weighted by Crippen LogP contribution is -2.54. The van der Waals surface area contributed by atoms with E-state index in [9.17, 15) is 28.4 Å². The predicted molar refractivity (Wildman–Crippen MR) is 294 cm³/mol. The molecule has 3 atom stereocenters. The third-order valence-corrected chi connectivity index (χ3v) is 18.2. The van der Waals surface area contributed by atoms with Gasteiger partial charge in [0.15, 0.2) is 0 Å². The average molecular weight is 1080 g/mol. The number of para-hydroxylation sites is 1. The number of anilines is 4. The molecule has 0 radical (unpaired) electrons.